The zero-order valence-corrected chi connectivity index (χ0v) is 16.1. The van der Waals surface area contributed by atoms with Crippen molar-refractivity contribution in [3.8, 4) is 11.3 Å². The third kappa shape index (κ3) is 5.23. The highest BCUT2D eigenvalue weighted by molar-refractivity contribution is 7.16. The third-order valence-electron chi connectivity index (χ3n) is 3.88. The van der Waals surface area contributed by atoms with Crippen molar-refractivity contribution in [1.82, 2.24) is 4.98 Å². The highest BCUT2D eigenvalue weighted by Gasteiger charge is 2.18. The molecule has 28 heavy (non-hydrogen) atoms. The van der Waals surface area contributed by atoms with Gasteiger partial charge in [0.15, 0.2) is 5.13 Å². The van der Waals surface area contributed by atoms with E-state index in [1.54, 1.807) is 19.1 Å². The Kier molecular flexibility index (Phi) is 6.49. The average Bonchev–Trinajstić information content (AvgIpc) is 3.06. The van der Waals surface area contributed by atoms with Gasteiger partial charge in [0.25, 0.3) is 0 Å². The minimum atomic E-state index is -0.347. The van der Waals surface area contributed by atoms with Gasteiger partial charge in [0.2, 0.25) is 5.91 Å². The van der Waals surface area contributed by atoms with E-state index in [0.717, 1.165) is 10.4 Å². The van der Waals surface area contributed by atoms with E-state index in [1.165, 1.54) is 23.5 Å². The fourth-order valence-corrected chi connectivity index (χ4v) is 3.63. The van der Waals surface area contributed by atoms with Crippen LogP contribution < -0.4 is 5.32 Å². The number of nitrogens with one attached hydrogen (secondary N) is 1. The zero-order valence-electron chi connectivity index (χ0n) is 15.3. The Balaban J connectivity index is 1.78. The smallest absolute Gasteiger partial charge is 0.311 e. The van der Waals surface area contributed by atoms with Crippen molar-refractivity contribution in [3.05, 3.63) is 70.9 Å². The summed E-state index contributed by atoms with van der Waals surface area (Å²) >= 11 is 1.25. The van der Waals surface area contributed by atoms with Gasteiger partial charge in [-0.25, -0.2) is 9.37 Å². The van der Waals surface area contributed by atoms with Crippen LogP contribution >= 0.6 is 11.3 Å². The highest BCUT2D eigenvalue weighted by atomic mass is 32.1. The van der Waals surface area contributed by atoms with Crippen LogP contribution in [0.1, 0.15) is 17.4 Å². The number of hydrogen-bond donors (Lipinski definition) is 1. The van der Waals surface area contributed by atoms with Gasteiger partial charge >= 0.3 is 5.97 Å². The van der Waals surface area contributed by atoms with Gasteiger partial charge in [-0.1, -0.05) is 42.5 Å². The quantitative estimate of drug-likeness (QED) is 0.605. The first-order valence-electron chi connectivity index (χ1n) is 8.80. The molecule has 3 rings (SSSR count). The van der Waals surface area contributed by atoms with Crippen LogP contribution in [0.4, 0.5) is 9.52 Å². The number of aromatic nitrogens is 1. The maximum absolute atomic E-state index is 13.0. The molecule has 5 nitrogen and oxygen atoms in total. The molecule has 0 saturated heterocycles. The van der Waals surface area contributed by atoms with Crippen LogP contribution in [0.15, 0.2) is 54.6 Å². The molecule has 1 aromatic heterocycles. The fourth-order valence-electron chi connectivity index (χ4n) is 2.64. The number of esters is 1. The van der Waals surface area contributed by atoms with Gasteiger partial charge in [0.1, 0.15) is 5.82 Å². The molecule has 0 atom stereocenters. The standard InChI is InChI=1S/C21H19FN2O3S/c1-2-27-19(26)13-17-20(15-6-4-3-5-7-15)24-21(28-17)23-18(25)12-14-8-10-16(22)11-9-14/h3-11H,2,12-13H2,1H3,(H,23,24,25). The molecule has 1 heterocycles. The summed E-state index contributed by atoms with van der Waals surface area (Å²) in [6, 6.07) is 15.2. The summed E-state index contributed by atoms with van der Waals surface area (Å²) in [5.74, 6) is -0.949. The lowest BCUT2D eigenvalue weighted by Crippen LogP contribution is -2.14. The van der Waals surface area contributed by atoms with Crippen molar-refractivity contribution >= 4 is 28.3 Å². The molecule has 0 aliphatic heterocycles. The molecule has 0 radical (unpaired) electrons. The van der Waals surface area contributed by atoms with E-state index < -0.39 is 0 Å². The minimum absolute atomic E-state index is 0.0869. The monoisotopic (exact) mass is 398 g/mol. The number of carbonyl (C=O) groups is 2. The number of amides is 1. The van der Waals surface area contributed by atoms with Crippen molar-refractivity contribution in [2.75, 3.05) is 11.9 Å². The van der Waals surface area contributed by atoms with Crippen LogP contribution in [-0.2, 0) is 27.2 Å². The average molecular weight is 398 g/mol. The summed E-state index contributed by atoms with van der Waals surface area (Å²) < 4.78 is 18.0. The molecule has 0 bridgehead atoms. The number of halogens is 1. The van der Waals surface area contributed by atoms with Crippen molar-refractivity contribution in [3.63, 3.8) is 0 Å². The lowest BCUT2D eigenvalue weighted by Gasteiger charge is -2.02. The van der Waals surface area contributed by atoms with Crippen molar-refractivity contribution in [2.24, 2.45) is 0 Å². The zero-order chi connectivity index (χ0) is 19.9. The topological polar surface area (TPSA) is 68.3 Å². The molecular formula is C21H19FN2O3S. The van der Waals surface area contributed by atoms with Gasteiger partial charge in [0, 0.05) is 10.4 Å². The number of anilines is 1. The van der Waals surface area contributed by atoms with E-state index in [9.17, 15) is 14.0 Å². The second-order valence-electron chi connectivity index (χ2n) is 5.99. The number of ether oxygens (including phenoxy) is 1. The van der Waals surface area contributed by atoms with Gasteiger partial charge in [-0.15, -0.1) is 11.3 Å². The predicted molar refractivity (Wildman–Crippen MR) is 107 cm³/mol. The lowest BCUT2D eigenvalue weighted by molar-refractivity contribution is -0.142. The van der Waals surface area contributed by atoms with Gasteiger partial charge in [-0.3, -0.25) is 9.59 Å². The Bertz CT molecular complexity index is 956. The number of thiazole rings is 1. The third-order valence-corrected chi connectivity index (χ3v) is 4.85. The summed E-state index contributed by atoms with van der Waals surface area (Å²) in [7, 11) is 0. The summed E-state index contributed by atoms with van der Waals surface area (Å²) in [6.45, 7) is 2.06. The molecule has 0 aliphatic rings. The minimum Gasteiger partial charge on any atom is -0.466 e. The van der Waals surface area contributed by atoms with E-state index in [4.69, 9.17) is 4.74 Å². The Hall–Kier alpha value is -3.06. The highest BCUT2D eigenvalue weighted by Crippen LogP contribution is 2.32. The normalized spacial score (nSPS) is 10.5. The summed E-state index contributed by atoms with van der Waals surface area (Å²) in [5.41, 5.74) is 2.21. The number of carbonyl (C=O) groups excluding carboxylic acids is 2. The Labute approximate surface area is 166 Å². The van der Waals surface area contributed by atoms with Gasteiger partial charge < -0.3 is 10.1 Å². The predicted octanol–water partition coefficient (Wildman–Crippen LogP) is 4.24. The van der Waals surface area contributed by atoms with Crippen molar-refractivity contribution < 1.29 is 18.7 Å². The summed E-state index contributed by atoms with van der Waals surface area (Å²) in [6.07, 6.45) is 0.192. The van der Waals surface area contributed by atoms with E-state index in [2.05, 4.69) is 10.3 Å². The van der Waals surface area contributed by atoms with Crippen LogP contribution in [0, 0.1) is 5.82 Å². The molecule has 1 amide bonds. The Morgan fingerprint density at radius 1 is 1.07 bits per heavy atom. The SMILES string of the molecule is CCOC(=O)Cc1sc(NC(=O)Cc2ccc(F)cc2)nc1-c1ccccc1. The number of hydrogen-bond acceptors (Lipinski definition) is 5. The molecule has 0 saturated carbocycles. The summed E-state index contributed by atoms with van der Waals surface area (Å²) in [4.78, 5) is 29.5. The maximum atomic E-state index is 13.0. The van der Waals surface area contributed by atoms with E-state index in [-0.39, 0.29) is 30.5 Å². The first-order valence-corrected chi connectivity index (χ1v) is 9.62. The molecule has 144 valence electrons. The first-order chi connectivity index (χ1) is 13.5. The van der Waals surface area contributed by atoms with Crippen LogP contribution in [-0.4, -0.2) is 23.5 Å². The fraction of sp³-hybridized carbons (Fsp3) is 0.190. The van der Waals surface area contributed by atoms with Crippen LogP contribution in [0.5, 0.6) is 0 Å². The molecule has 0 spiro atoms. The van der Waals surface area contributed by atoms with Gasteiger partial charge in [-0.2, -0.15) is 0 Å². The van der Waals surface area contributed by atoms with Gasteiger partial charge in [0.05, 0.1) is 25.1 Å². The van der Waals surface area contributed by atoms with Crippen LogP contribution in [0.3, 0.4) is 0 Å². The van der Waals surface area contributed by atoms with Crippen molar-refractivity contribution in [1.29, 1.82) is 0 Å². The second kappa shape index (κ2) is 9.23. The molecule has 1 N–H and O–H groups in total. The maximum Gasteiger partial charge on any atom is 0.311 e. The molecule has 7 heteroatoms. The molecule has 3 aromatic rings. The molecular weight excluding hydrogens is 379 g/mol. The number of nitrogens with zero attached hydrogens (tertiary/aromatic N) is 1. The Morgan fingerprint density at radius 2 is 1.79 bits per heavy atom. The van der Waals surface area contributed by atoms with E-state index in [0.29, 0.717) is 23.0 Å². The summed E-state index contributed by atoms with van der Waals surface area (Å²) in [5, 5.41) is 3.17. The molecule has 0 aliphatic carbocycles. The Morgan fingerprint density at radius 3 is 2.46 bits per heavy atom. The number of benzene rings is 2. The first kappa shape index (κ1) is 19.7. The molecule has 0 fully saturated rings. The van der Waals surface area contributed by atoms with Crippen LogP contribution in [0.25, 0.3) is 11.3 Å². The number of rotatable bonds is 7. The van der Waals surface area contributed by atoms with Gasteiger partial charge in [-0.05, 0) is 24.6 Å². The molecule has 2 aromatic carbocycles. The van der Waals surface area contributed by atoms with Crippen LogP contribution in [0.2, 0.25) is 0 Å². The largest absolute Gasteiger partial charge is 0.466 e. The van der Waals surface area contributed by atoms with E-state index in [1.807, 2.05) is 30.3 Å². The van der Waals surface area contributed by atoms with E-state index >= 15 is 0 Å². The lowest BCUT2D eigenvalue weighted by atomic mass is 10.1. The molecule has 0 unspecified atom stereocenters. The van der Waals surface area contributed by atoms with Crippen molar-refractivity contribution in [2.45, 2.75) is 19.8 Å². The second-order valence-corrected chi connectivity index (χ2v) is 7.07.